The molecule has 5 heteroatoms. The summed E-state index contributed by atoms with van der Waals surface area (Å²) < 4.78 is 0. The predicted octanol–water partition coefficient (Wildman–Crippen LogP) is 2.30. The van der Waals surface area contributed by atoms with Gasteiger partial charge in [0.25, 0.3) is 0 Å². The summed E-state index contributed by atoms with van der Waals surface area (Å²) in [6.45, 7) is 4.75. The Morgan fingerprint density at radius 3 is 2.74 bits per heavy atom. The minimum absolute atomic E-state index is 0.175. The molecule has 1 atom stereocenters. The third-order valence-corrected chi connectivity index (χ3v) is 3.01. The maximum atomic E-state index is 11.0. The molecule has 106 valence electrons. The van der Waals surface area contributed by atoms with Gasteiger partial charge in [-0.3, -0.25) is 0 Å². The van der Waals surface area contributed by atoms with Gasteiger partial charge in [-0.2, -0.15) is 0 Å². The summed E-state index contributed by atoms with van der Waals surface area (Å²) in [6.07, 6.45) is 2.84. The van der Waals surface area contributed by atoms with E-state index in [-0.39, 0.29) is 12.2 Å². The number of carboxylic acid groups (broad SMARTS) is 1. The molecule has 0 aliphatic carbocycles. The third-order valence-electron chi connectivity index (χ3n) is 3.01. The van der Waals surface area contributed by atoms with E-state index in [9.17, 15) is 4.79 Å². The van der Waals surface area contributed by atoms with E-state index in [2.05, 4.69) is 17.2 Å². The molecule has 0 fully saturated rings. The second-order valence-corrected chi connectivity index (χ2v) is 4.74. The van der Waals surface area contributed by atoms with Crippen molar-refractivity contribution in [3.63, 3.8) is 0 Å². The highest BCUT2D eigenvalue weighted by Crippen LogP contribution is 2.14. The standard InChI is InChI=1S/C14H22N2O3/c1-3-4-11(5-6-17)9-15-13-8-12(14(18)19)7-10(2)16-13/h7-8,11,17H,3-6,9H2,1-2H3,(H,15,16)(H,18,19). The van der Waals surface area contributed by atoms with E-state index in [0.29, 0.717) is 24.0 Å². The fourth-order valence-corrected chi connectivity index (χ4v) is 2.07. The van der Waals surface area contributed by atoms with Crippen LogP contribution in [-0.4, -0.2) is 34.3 Å². The Balaban J connectivity index is 2.67. The summed E-state index contributed by atoms with van der Waals surface area (Å²) in [4.78, 5) is 15.2. The molecule has 0 radical (unpaired) electrons. The summed E-state index contributed by atoms with van der Waals surface area (Å²) in [5, 5.41) is 21.2. The van der Waals surface area contributed by atoms with E-state index in [0.717, 1.165) is 19.3 Å². The van der Waals surface area contributed by atoms with Crippen LogP contribution in [0.1, 0.15) is 42.2 Å². The van der Waals surface area contributed by atoms with Crippen LogP contribution in [0.4, 0.5) is 5.82 Å². The Labute approximate surface area is 113 Å². The van der Waals surface area contributed by atoms with Gasteiger partial charge < -0.3 is 15.5 Å². The van der Waals surface area contributed by atoms with Crippen LogP contribution < -0.4 is 5.32 Å². The molecule has 0 amide bonds. The van der Waals surface area contributed by atoms with Crippen molar-refractivity contribution >= 4 is 11.8 Å². The number of nitrogens with one attached hydrogen (secondary N) is 1. The van der Waals surface area contributed by atoms with Crippen molar-refractivity contribution in [1.29, 1.82) is 0 Å². The zero-order chi connectivity index (χ0) is 14.3. The molecule has 0 aliphatic heterocycles. The van der Waals surface area contributed by atoms with Crippen molar-refractivity contribution in [2.24, 2.45) is 5.92 Å². The second kappa shape index (κ2) is 7.74. The number of aliphatic hydroxyl groups is 1. The highest BCUT2D eigenvalue weighted by molar-refractivity contribution is 5.88. The minimum Gasteiger partial charge on any atom is -0.478 e. The van der Waals surface area contributed by atoms with Crippen molar-refractivity contribution in [1.82, 2.24) is 4.98 Å². The van der Waals surface area contributed by atoms with Crippen LogP contribution in [0.2, 0.25) is 0 Å². The van der Waals surface area contributed by atoms with Crippen LogP contribution in [0.3, 0.4) is 0 Å². The lowest BCUT2D eigenvalue weighted by Gasteiger charge is -2.16. The van der Waals surface area contributed by atoms with E-state index in [1.807, 2.05) is 0 Å². The van der Waals surface area contributed by atoms with E-state index >= 15 is 0 Å². The van der Waals surface area contributed by atoms with Gasteiger partial charge in [-0.05, 0) is 37.8 Å². The van der Waals surface area contributed by atoms with Crippen LogP contribution in [-0.2, 0) is 0 Å². The van der Waals surface area contributed by atoms with Crippen LogP contribution in [0, 0.1) is 12.8 Å². The summed E-state index contributed by atoms with van der Waals surface area (Å²) in [6, 6.07) is 3.09. The first-order valence-electron chi connectivity index (χ1n) is 6.63. The van der Waals surface area contributed by atoms with Gasteiger partial charge in [0.15, 0.2) is 0 Å². The van der Waals surface area contributed by atoms with Crippen molar-refractivity contribution in [3.05, 3.63) is 23.4 Å². The number of aryl methyl sites for hydroxylation is 1. The molecule has 0 spiro atoms. The number of carbonyl (C=O) groups is 1. The summed E-state index contributed by atoms with van der Waals surface area (Å²) in [5.74, 6) is 0.0102. The molecule has 0 saturated carbocycles. The number of nitrogens with zero attached hydrogens (tertiary/aromatic N) is 1. The van der Waals surface area contributed by atoms with Crippen LogP contribution in [0.5, 0.6) is 0 Å². The number of anilines is 1. The Morgan fingerprint density at radius 1 is 1.42 bits per heavy atom. The van der Waals surface area contributed by atoms with E-state index in [1.54, 1.807) is 13.0 Å². The first-order chi connectivity index (χ1) is 9.06. The van der Waals surface area contributed by atoms with Gasteiger partial charge in [0, 0.05) is 18.8 Å². The highest BCUT2D eigenvalue weighted by Gasteiger charge is 2.10. The molecule has 0 bridgehead atoms. The van der Waals surface area contributed by atoms with Gasteiger partial charge in [-0.15, -0.1) is 0 Å². The molecule has 1 rings (SSSR count). The largest absolute Gasteiger partial charge is 0.478 e. The molecule has 1 aromatic heterocycles. The first-order valence-corrected chi connectivity index (χ1v) is 6.63. The topological polar surface area (TPSA) is 82.5 Å². The molecule has 0 aliphatic rings. The van der Waals surface area contributed by atoms with Crippen molar-refractivity contribution in [2.75, 3.05) is 18.5 Å². The molecular weight excluding hydrogens is 244 g/mol. The maximum Gasteiger partial charge on any atom is 0.335 e. The molecule has 1 aromatic rings. The number of aromatic carboxylic acids is 1. The lowest BCUT2D eigenvalue weighted by Crippen LogP contribution is -2.17. The first kappa shape index (κ1) is 15.4. The number of aromatic nitrogens is 1. The molecule has 1 heterocycles. The van der Waals surface area contributed by atoms with Crippen LogP contribution in [0.15, 0.2) is 12.1 Å². The maximum absolute atomic E-state index is 11.0. The smallest absolute Gasteiger partial charge is 0.335 e. The van der Waals surface area contributed by atoms with E-state index in [4.69, 9.17) is 10.2 Å². The molecule has 1 unspecified atom stereocenters. The van der Waals surface area contributed by atoms with Gasteiger partial charge in [0.05, 0.1) is 5.56 Å². The van der Waals surface area contributed by atoms with Crippen molar-refractivity contribution in [3.8, 4) is 0 Å². The zero-order valence-electron chi connectivity index (χ0n) is 11.5. The fourth-order valence-electron chi connectivity index (χ4n) is 2.07. The van der Waals surface area contributed by atoms with Crippen LogP contribution >= 0.6 is 0 Å². The normalized spacial score (nSPS) is 12.2. The summed E-state index contributed by atoms with van der Waals surface area (Å²) >= 11 is 0. The van der Waals surface area contributed by atoms with Gasteiger partial charge in [-0.1, -0.05) is 13.3 Å². The molecule has 3 N–H and O–H groups in total. The Morgan fingerprint density at radius 2 is 2.16 bits per heavy atom. The third kappa shape index (κ3) is 5.26. The van der Waals surface area contributed by atoms with Crippen molar-refractivity contribution < 1.29 is 15.0 Å². The van der Waals surface area contributed by atoms with E-state index < -0.39 is 5.97 Å². The average Bonchev–Trinajstić information content (AvgIpc) is 2.36. The molecular formula is C14H22N2O3. The zero-order valence-corrected chi connectivity index (χ0v) is 11.5. The molecule has 19 heavy (non-hydrogen) atoms. The van der Waals surface area contributed by atoms with Gasteiger partial charge >= 0.3 is 5.97 Å². The second-order valence-electron chi connectivity index (χ2n) is 4.74. The number of hydrogen-bond donors (Lipinski definition) is 3. The SMILES string of the molecule is CCCC(CCO)CNc1cc(C(=O)O)cc(C)n1. The quantitative estimate of drug-likeness (QED) is 0.672. The number of hydrogen-bond acceptors (Lipinski definition) is 4. The van der Waals surface area contributed by atoms with Gasteiger partial charge in [0.1, 0.15) is 5.82 Å². The lowest BCUT2D eigenvalue weighted by molar-refractivity contribution is 0.0696. The Hall–Kier alpha value is -1.62. The van der Waals surface area contributed by atoms with Crippen LogP contribution in [0.25, 0.3) is 0 Å². The summed E-state index contributed by atoms with van der Waals surface area (Å²) in [5.41, 5.74) is 0.917. The Kier molecular flexibility index (Phi) is 6.29. The van der Waals surface area contributed by atoms with Crippen molar-refractivity contribution in [2.45, 2.75) is 33.1 Å². The lowest BCUT2D eigenvalue weighted by atomic mass is 10.0. The number of rotatable bonds is 8. The Bertz CT molecular complexity index is 415. The fraction of sp³-hybridized carbons (Fsp3) is 0.571. The number of carboxylic acids is 1. The van der Waals surface area contributed by atoms with Gasteiger partial charge in [-0.25, -0.2) is 9.78 Å². The number of aliphatic hydroxyl groups excluding tert-OH is 1. The summed E-state index contributed by atoms with van der Waals surface area (Å²) in [7, 11) is 0. The van der Waals surface area contributed by atoms with E-state index in [1.165, 1.54) is 6.07 Å². The number of pyridine rings is 1. The minimum atomic E-state index is -0.950. The molecule has 5 nitrogen and oxygen atoms in total. The molecule has 0 saturated heterocycles. The molecule has 0 aromatic carbocycles. The predicted molar refractivity (Wildman–Crippen MR) is 74.5 cm³/mol. The average molecular weight is 266 g/mol. The monoisotopic (exact) mass is 266 g/mol. The van der Waals surface area contributed by atoms with Gasteiger partial charge in [0.2, 0.25) is 0 Å². The highest BCUT2D eigenvalue weighted by atomic mass is 16.4.